The smallest absolute Gasteiger partial charge is 0.262 e. The van der Waals surface area contributed by atoms with Crippen molar-refractivity contribution in [2.45, 2.75) is 19.5 Å². The highest BCUT2D eigenvalue weighted by Gasteiger charge is 2.41. The van der Waals surface area contributed by atoms with Crippen LogP contribution in [0.4, 0.5) is 0 Å². The molecule has 128 valence electrons. The molecule has 6 heteroatoms. The maximum absolute atomic E-state index is 12.7. The van der Waals surface area contributed by atoms with Crippen LogP contribution in [0, 0.1) is 0 Å². The fraction of sp³-hybridized carbons (Fsp3) is 0.211. The molecule has 3 rings (SSSR count). The number of halogens is 1. The van der Waals surface area contributed by atoms with Gasteiger partial charge in [0.2, 0.25) is 5.91 Å². The lowest BCUT2D eigenvalue weighted by molar-refractivity contribution is -0.134. The molecule has 0 saturated carbocycles. The van der Waals surface area contributed by atoms with Crippen molar-refractivity contribution in [1.82, 2.24) is 9.80 Å². The molecule has 0 aliphatic carbocycles. The molecule has 0 aromatic heterocycles. The van der Waals surface area contributed by atoms with E-state index in [9.17, 15) is 14.4 Å². The van der Waals surface area contributed by atoms with Crippen molar-refractivity contribution in [3.05, 3.63) is 70.2 Å². The van der Waals surface area contributed by atoms with Crippen molar-refractivity contribution in [3.63, 3.8) is 0 Å². The number of amides is 3. The quantitative estimate of drug-likeness (QED) is 0.791. The molecule has 0 N–H and O–H groups in total. The second kappa shape index (κ2) is 6.69. The van der Waals surface area contributed by atoms with Gasteiger partial charge in [0.25, 0.3) is 11.8 Å². The predicted octanol–water partition coefficient (Wildman–Crippen LogP) is 2.98. The van der Waals surface area contributed by atoms with Crippen LogP contribution in [0.15, 0.2) is 48.5 Å². The predicted molar refractivity (Wildman–Crippen MR) is 94.3 cm³/mol. The number of imide groups is 1. The van der Waals surface area contributed by atoms with Gasteiger partial charge in [-0.25, -0.2) is 0 Å². The average Bonchev–Trinajstić information content (AvgIpc) is 2.87. The lowest BCUT2D eigenvalue weighted by Gasteiger charge is -2.27. The Bertz CT molecular complexity index is 830. The largest absolute Gasteiger partial charge is 0.340 e. The number of hydrogen-bond acceptors (Lipinski definition) is 3. The molecular formula is C19H17ClN2O3. The van der Waals surface area contributed by atoms with Crippen LogP contribution in [0.3, 0.4) is 0 Å². The summed E-state index contributed by atoms with van der Waals surface area (Å²) >= 11 is 6.13. The molecule has 0 saturated heterocycles. The van der Waals surface area contributed by atoms with Gasteiger partial charge in [0.15, 0.2) is 0 Å². The molecule has 2 aromatic rings. The molecule has 0 fully saturated rings. The SMILES string of the molecule is C[C@@H](C(=O)N(C)Cc1ccccc1Cl)N1C(=O)c2ccccc2C1=O. The minimum atomic E-state index is -0.889. The van der Waals surface area contributed by atoms with E-state index in [1.165, 1.54) is 4.90 Å². The zero-order chi connectivity index (χ0) is 18.1. The summed E-state index contributed by atoms with van der Waals surface area (Å²) in [5.74, 6) is -1.20. The number of fused-ring (bicyclic) bond motifs is 1. The summed E-state index contributed by atoms with van der Waals surface area (Å²) in [6.07, 6.45) is 0. The number of rotatable bonds is 4. The molecule has 0 radical (unpaired) electrons. The minimum Gasteiger partial charge on any atom is -0.340 e. The molecule has 1 heterocycles. The maximum Gasteiger partial charge on any atom is 0.262 e. The Balaban J connectivity index is 1.78. The van der Waals surface area contributed by atoms with Gasteiger partial charge in [0, 0.05) is 18.6 Å². The summed E-state index contributed by atoms with van der Waals surface area (Å²) in [6, 6.07) is 12.9. The molecular weight excluding hydrogens is 340 g/mol. The summed E-state index contributed by atoms with van der Waals surface area (Å²) in [7, 11) is 1.63. The van der Waals surface area contributed by atoms with E-state index in [0.717, 1.165) is 10.5 Å². The van der Waals surface area contributed by atoms with Gasteiger partial charge in [-0.1, -0.05) is 41.9 Å². The van der Waals surface area contributed by atoms with Gasteiger partial charge >= 0.3 is 0 Å². The van der Waals surface area contributed by atoms with Gasteiger partial charge in [-0.3, -0.25) is 19.3 Å². The minimum absolute atomic E-state index is 0.298. The van der Waals surface area contributed by atoms with Gasteiger partial charge in [-0.15, -0.1) is 0 Å². The highest BCUT2D eigenvalue weighted by atomic mass is 35.5. The van der Waals surface area contributed by atoms with Crippen LogP contribution >= 0.6 is 11.6 Å². The topological polar surface area (TPSA) is 57.7 Å². The molecule has 1 aliphatic heterocycles. The highest BCUT2D eigenvalue weighted by molar-refractivity contribution is 6.31. The van der Waals surface area contributed by atoms with Crippen molar-refractivity contribution >= 4 is 29.3 Å². The monoisotopic (exact) mass is 356 g/mol. The Kier molecular flexibility index (Phi) is 4.59. The van der Waals surface area contributed by atoms with E-state index in [-0.39, 0.29) is 5.91 Å². The van der Waals surface area contributed by atoms with Crippen LogP contribution < -0.4 is 0 Å². The van der Waals surface area contributed by atoms with Crippen molar-refractivity contribution in [2.75, 3.05) is 7.05 Å². The van der Waals surface area contributed by atoms with Crippen LogP contribution in [0.5, 0.6) is 0 Å². The second-order valence-electron chi connectivity index (χ2n) is 5.99. The summed E-state index contributed by atoms with van der Waals surface area (Å²) in [4.78, 5) is 40.2. The van der Waals surface area contributed by atoms with Crippen LogP contribution in [0.2, 0.25) is 5.02 Å². The number of hydrogen-bond donors (Lipinski definition) is 0. The fourth-order valence-corrected chi connectivity index (χ4v) is 3.14. The van der Waals surface area contributed by atoms with E-state index in [1.807, 2.05) is 18.2 Å². The van der Waals surface area contributed by atoms with Gasteiger partial charge in [-0.05, 0) is 30.7 Å². The molecule has 25 heavy (non-hydrogen) atoms. The van der Waals surface area contributed by atoms with E-state index >= 15 is 0 Å². The number of likely N-dealkylation sites (N-methyl/N-ethyl adjacent to an activating group) is 1. The Morgan fingerprint density at radius 3 is 2.12 bits per heavy atom. The lowest BCUT2D eigenvalue weighted by Crippen LogP contribution is -2.48. The molecule has 0 spiro atoms. The lowest BCUT2D eigenvalue weighted by atomic mass is 10.1. The van der Waals surface area contributed by atoms with Gasteiger partial charge in [0.1, 0.15) is 6.04 Å². The molecule has 0 bridgehead atoms. The Hall–Kier alpha value is -2.66. The van der Waals surface area contributed by atoms with Crippen LogP contribution in [-0.4, -0.2) is 40.6 Å². The first kappa shape index (κ1) is 17.2. The summed E-state index contributed by atoms with van der Waals surface area (Å²) in [5.41, 5.74) is 1.47. The third-order valence-corrected chi connectivity index (χ3v) is 4.68. The van der Waals surface area contributed by atoms with Crippen molar-refractivity contribution in [3.8, 4) is 0 Å². The number of carbonyl (C=O) groups is 3. The van der Waals surface area contributed by atoms with E-state index in [4.69, 9.17) is 11.6 Å². The third-order valence-electron chi connectivity index (χ3n) is 4.31. The zero-order valence-electron chi connectivity index (χ0n) is 13.9. The number of nitrogens with zero attached hydrogens (tertiary/aromatic N) is 2. The molecule has 3 amide bonds. The first-order valence-electron chi connectivity index (χ1n) is 7.87. The standard InChI is InChI=1S/C19H17ClN2O3/c1-12(17(23)21(2)11-13-7-3-6-10-16(13)20)22-18(24)14-8-4-5-9-15(14)19(22)25/h3-10,12H,11H2,1-2H3/t12-/m0/s1. The molecule has 1 aliphatic rings. The Morgan fingerprint density at radius 1 is 1.04 bits per heavy atom. The summed E-state index contributed by atoms with van der Waals surface area (Å²) in [5, 5.41) is 0.565. The van der Waals surface area contributed by atoms with Crippen molar-refractivity contribution in [2.24, 2.45) is 0 Å². The number of benzene rings is 2. The Labute approximate surface area is 150 Å². The number of carbonyl (C=O) groups excluding carboxylic acids is 3. The molecule has 2 aromatic carbocycles. The summed E-state index contributed by atoms with van der Waals surface area (Å²) < 4.78 is 0. The van der Waals surface area contributed by atoms with E-state index in [1.54, 1.807) is 44.3 Å². The van der Waals surface area contributed by atoms with Crippen LogP contribution in [-0.2, 0) is 11.3 Å². The molecule has 5 nitrogen and oxygen atoms in total. The van der Waals surface area contributed by atoms with E-state index < -0.39 is 17.9 Å². The van der Waals surface area contributed by atoms with Gasteiger partial charge < -0.3 is 4.90 Å². The Morgan fingerprint density at radius 2 is 1.56 bits per heavy atom. The molecule has 1 atom stereocenters. The fourth-order valence-electron chi connectivity index (χ4n) is 2.95. The van der Waals surface area contributed by atoms with Crippen molar-refractivity contribution < 1.29 is 14.4 Å². The van der Waals surface area contributed by atoms with Gasteiger partial charge in [0.05, 0.1) is 11.1 Å². The normalized spacial score (nSPS) is 14.4. The van der Waals surface area contributed by atoms with E-state index in [0.29, 0.717) is 22.7 Å². The highest BCUT2D eigenvalue weighted by Crippen LogP contribution is 2.25. The third kappa shape index (κ3) is 3.03. The van der Waals surface area contributed by atoms with Crippen molar-refractivity contribution in [1.29, 1.82) is 0 Å². The van der Waals surface area contributed by atoms with Crippen LogP contribution in [0.25, 0.3) is 0 Å². The maximum atomic E-state index is 12.7. The van der Waals surface area contributed by atoms with Gasteiger partial charge in [-0.2, -0.15) is 0 Å². The molecule has 0 unspecified atom stereocenters. The summed E-state index contributed by atoms with van der Waals surface area (Å²) in [6.45, 7) is 1.86. The second-order valence-corrected chi connectivity index (χ2v) is 6.39. The zero-order valence-corrected chi connectivity index (χ0v) is 14.7. The first-order chi connectivity index (χ1) is 11.9. The van der Waals surface area contributed by atoms with E-state index in [2.05, 4.69) is 0 Å². The average molecular weight is 357 g/mol. The first-order valence-corrected chi connectivity index (χ1v) is 8.25. The van der Waals surface area contributed by atoms with Crippen LogP contribution in [0.1, 0.15) is 33.2 Å².